The molecule has 2 aromatic rings. The van der Waals surface area contributed by atoms with Crippen LogP contribution in [-0.4, -0.2) is 23.6 Å². The third kappa shape index (κ3) is 3.32. The van der Waals surface area contributed by atoms with E-state index in [-0.39, 0.29) is 17.8 Å². The quantitative estimate of drug-likeness (QED) is 0.765. The molecule has 0 saturated heterocycles. The minimum Gasteiger partial charge on any atom is -0.372 e. The Labute approximate surface area is 154 Å². The SMILES string of the molecule is CNc1nc(N)nc2c3c(sc12)C(CCN)CC(C(C)(C)C)C3.Cl. The first-order valence-electron chi connectivity index (χ1n) is 8.31. The molecule has 0 bridgehead atoms. The number of nitrogens with zero attached hydrogens (tertiary/aromatic N) is 2. The van der Waals surface area contributed by atoms with Crippen molar-refractivity contribution >= 4 is 45.7 Å². The molecular weight excluding hydrogens is 342 g/mol. The van der Waals surface area contributed by atoms with Gasteiger partial charge >= 0.3 is 0 Å². The van der Waals surface area contributed by atoms with Gasteiger partial charge in [-0.3, -0.25) is 0 Å². The molecular formula is C17H28ClN5S. The van der Waals surface area contributed by atoms with Gasteiger partial charge in [-0.2, -0.15) is 4.98 Å². The lowest BCUT2D eigenvalue weighted by Crippen LogP contribution is -2.29. The Morgan fingerprint density at radius 3 is 2.58 bits per heavy atom. The summed E-state index contributed by atoms with van der Waals surface area (Å²) in [6, 6.07) is 0. The van der Waals surface area contributed by atoms with Crippen LogP contribution >= 0.6 is 23.7 Å². The molecule has 7 heteroatoms. The monoisotopic (exact) mass is 369 g/mol. The third-order valence-corrected chi connectivity index (χ3v) is 6.44. The molecule has 0 amide bonds. The topological polar surface area (TPSA) is 89.8 Å². The Hall–Kier alpha value is -1.11. The largest absolute Gasteiger partial charge is 0.372 e. The summed E-state index contributed by atoms with van der Waals surface area (Å²) in [5.41, 5.74) is 14.5. The Morgan fingerprint density at radius 1 is 1.29 bits per heavy atom. The van der Waals surface area contributed by atoms with E-state index in [0.29, 0.717) is 17.8 Å². The molecule has 3 rings (SSSR count). The van der Waals surface area contributed by atoms with Gasteiger partial charge in [0.25, 0.3) is 0 Å². The molecule has 0 radical (unpaired) electrons. The van der Waals surface area contributed by atoms with Gasteiger partial charge in [0.05, 0.1) is 10.2 Å². The summed E-state index contributed by atoms with van der Waals surface area (Å²) in [5, 5.41) is 3.16. The third-order valence-electron chi connectivity index (χ3n) is 5.05. The standard InChI is InChI=1S/C17H27N5S.ClH/c1-17(2,3)10-7-9(5-6-18)13-11(8-10)12-14(23-13)15(20-4)22-16(19)21-12;/h9-10H,5-8,18H2,1-4H3,(H3,19,20,21,22);1H. The van der Waals surface area contributed by atoms with Crippen molar-refractivity contribution < 1.29 is 0 Å². The van der Waals surface area contributed by atoms with E-state index < -0.39 is 0 Å². The summed E-state index contributed by atoms with van der Waals surface area (Å²) in [4.78, 5) is 10.4. The van der Waals surface area contributed by atoms with E-state index >= 15 is 0 Å². The van der Waals surface area contributed by atoms with Crippen molar-refractivity contribution in [2.45, 2.75) is 46.0 Å². The average Bonchev–Trinajstić information content (AvgIpc) is 2.85. The fourth-order valence-electron chi connectivity index (χ4n) is 3.64. The number of hydrogen-bond donors (Lipinski definition) is 3. The maximum absolute atomic E-state index is 5.93. The van der Waals surface area contributed by atoms with Gasteiger partial charge in [-0.1, -0.05) is 20.8 Å². The van der Waals surface area contributed by atoms with Gasteiger partial charge in [-0.05, 0) is 48.6 Å². The van der Waals surface area contributed by atoms with E-state index in [1.54, 1.807) is 0 Å². The van der Waals surface area contributed by atoms with Gasteiger partial charge in [-0.15, -0.1) is 23.7 Å². The number of thiophene rings is 1. The molecule has 0 fully saturated rings. The highest BCUT2D eigenvalue weighted by atomic mass is 35.5. The average molecular weight is 370 g/mol. The van der Waals surface area contributed by atoms with Crippen molar-refractivity contribution in [1.82, 2.24) is 9.97 Å². The van der Waals surface area contributed by atoms with Crippen LogP contribution in [0.4, 0.5) is 11.8 Å². The number of halogens is 1. The summed E-state index contributed by atoms with van der Waals surface area (Å²) in [5.74, 6) is 2.35. The predicted octanol–water partition coefficient (Wildman–Crippen LogP) is 3.78. The number of rotatable bonds is 3. The number of aromatic nitrogens is 2. The first-order valence-corrected chi connectivity index (χ1v) is 9.13. The van der Waals surface area contributed by atoms with Crippen LogP contribution in [0.15, 0.2) is 0 Å². The van der Waals surface area contributed by atoms with Crippen molar-refractivity contribution in [2.75, 3.05) is 24.6 Å². The summed E-state index contributed by atoms with van der Waals surface area (Å²) >= 11 is 1.82. The molecule has 2 aromatic heterocycles. The summed E-state index contributed by atoms with van der Waals surface area (Å²) in [6.07, 6.45) is 3.31. The van der Waals surface area contributed by atoms with Crippen molar-refractivity contribution in [3.05, 3.63) is 10.4 Å². The van der Waals surface area contributed by atoms with Gasteiger partial charge in [0.15, 0.2) is 0 Å². The zero-order chi connectivity index (χ0) is 16.8. The van der Waals surface area contributed by atoms with Gasteiger partial charge in [0.1, 0.15) is 5.82 Å². The molecule has 0 aromatic carbocycles. The van der Waals surface area contributed by atoms with Crippen molar-refractivity contribution in [2.24, 2.45) is 17.1 Å². The lowest BCUT2D eigenvalue weighted by molar-refractivity contribution is 0.200. The fraction of sp³-hybridized carbons (Fsp3) is 0.647. The van der Waals surface area contributed by atoms with Gasteiger partial charge in [0.2, 0.25) is 5.95 Å². The molecule has 2 atom stereocenters. The second-order valence-electron chi connectivity index (χ2n) is 7.58. The van der Waals surface area contributed by atoms with E-state index in [1.165, 1.54) is 16.9 Å². The Morgan fingerprint density at radius 2 is 2.00 bits per heavy atom. The van der Waals surface area contributed by atoms with E-state index in [2.05, 4.69) is 36.1 Å². The van der Waals surface area contributed by atoms with Crippen LogP contribution in [0.3, 0.4) is 0 Å². The zero-order valence-electron chi connectivity index (χ0n) is 14.8. The second-order valence-corrected chi connectivity index (χ2v) is 8.63. The lowest BCUT2D eigenvalue weighted by Gasteiger charge is -2.37. The Kier molecular flexibility index (Phi) is 5.62. The van der Waals surface area contributed by atoms with E-state index in [4.69, 9.17) is 11.5 Å². The molecule has 1 aliphatic rings. The highest BCUT2D eigenvalue weighted by molar-refractivity contribution is 7.20. The maximum Gasteiger partial charge on any atom is 0.222 e. The summed E-state index contributed by atoms with van der Waals surface area (Å²) in [6.45, 7) is 7.72. The van der Waals surface area contributed by atoms with Crippen LogP contribution in [0.2, 0.25) is 0 Å². The van der Waals surface area contributed by atoms with Crippen molar-refractivity contribution in [1.29, 1.82) is 0 Å². The highest BCUT2D eigenvalue weighted by Gasteiger charge is 2.36. The molecule has 0 aliphatic heterocycles. The molecule has 0 spiro atoms. The molecule has 2 unspecified atom stereocenters. The highest BCUT2D eigenvalue weighted by Crippen LogP contribution is 2.50. The molecule has 1 aliphatic carbocycles. The van der Waals surface area contributed by atoms with Crippen LogP contribution < -0.4 is 16.8 Å². The number of nitrogens with one attached hydrogen (secondary N) is 1. The van der Waals surface area contributed by atoms with Crippen LogP contribution in [0, 0.1) is 11.3 Å². The lowest BCUT2D eigenvalue weighted by atomic mass is 9.68. The number of nitrogen functional groups attached to an aromatic ring is 1. The molecule has 2 heterocycles. The molecule has 134 valence electrons. The van der Waals surface area contributed by atoms with Crippen molar-refractivity contribution in [3.63, 3.8) is 0 Å². The fourth-order valence-corrected chi connectivity index (χ4v) is 5.06. The number of anilines is 2. The second kappa shape index (κ2) is 7.02. The van der Waals surface area contributed by atoms with Crippen molar-refractivity contribution in [3.8, 4) is 0 Å². The van der Waals surface area contributed by atoms with Gasteiger partial charge in [-0.25, -0.2) is 4.98 Å². The minimum absolute atomic E-state index is 0. The molecule has 5 nitrogen and oxygen atoms in total. The van der Waals surface area contributed by atoms with E-state index in [9.17, 15) is 0 Å². The maximum atomic E-state index is 5.93. The number of hydrogen-bond acceptors (Lipinski definition) is 6. The molecule has 0 saturated carbocycles. The summed E-state index contributed by atoms with van der Waals surface area (Å²) < 4.78 is 1.13. The Balaban J connectivity index is 0.00000208. The Bertz CT molecular complexity index is 722. The van der Waals surface area contributed by atoms with Crippen LogP contribution in [-0.2, 0) is 6.42 Å². The molecule has 5 N–H and O–H groups in total. The zero-order valence-corrected chi connectivity index (χ0v) is 16.5. The summed E-state index contributed by atoms with van der Waals surface area (Å²) in [7, 11) is 1.88. The van der Waals surface area contributed by atoms with Gasteiger partial charge < -0.3 is 16.8 Å². The number of fused-ring (bicyclic) bond motifs is 3. The van der Waals surface area contributed by atoms with Crippen LogP contribution in [0.25, 0.3) is 10.2 Å². The minimum atomic E-state index is 0. The van der Waals surface area contributed by atoms with E-state index in [0.717, 1.165) is 35.4 Å². The predicted molar refractivity (Wildman–Crippen MR) is 106 cm³/mol. The van der Waals surface area contributed by atoms with E-state index in [1.807, 2.05) is 18.4 Å². The number of nitrogens with two attached hydrogens (primary N) is 2. The van der Waals surface area contributed by atoms with Crippen LogP contribution in [0.1, 0.15) is 50.0 Å². The first-order chi connectivity index (χ1) is 10.8. The first kappa shape index (κ1) is 19.2. The van der Waals surface area contributed by atoms with Gasteiger partial charge in [0, 0.05) is 11.9 Å². The smallest absolute Gasteiger partial charge is 0.222 e. The molecule has 24 heavy (non-hydrogen) atoms. The van der Waals surface area contributed by atoms with Crippen LogP contribution in [0.5, 0.6) is 0 Å². The normalized spacial score (nSPS) is 20.5.